The summed E-state index contributed by atoms with van der Waals surface area (Å²) in [6.07, 6.45) is 0.607. The summed E-state index contributed by atoms with van der Waals surface area (Å²) in [5.41, 5.74) is 4.52. The Hall–Kier alpha value is -2.57. The molecule has 2 aromatic carbocycles. The molecule has 2 N–H and O–H groups in total. The van der Waals surface area contributed by atoms with Gasteiger partial charge in [0, 0.05) is 31.7 Å². The van der Waals surface area contributed by atoms with E-state index in [2.05, 4.69) is 28.4 Å². The van der Waals surface area contributed by atoms with Crippen LogP contribution in [0.25, 0.3) is 0 Å². The summed E-state index contributed by atoms with van der Waals surface area (Å²) in [5.74, 6) is 0.865. The van der Waals surface area contributed by atoms with Gasteiger partial charge in [0.25, 0.3) is 0 Å². The van der Waals surface area contributed by atoms with Crippen molar-refractivity contribution in [1.82, 2.24) is 15.1 Å². The molecule has 1 atom stereocenters. The molecule has 1 saturated heterocycles. The minimum absolute atomic E-state index is 0.0747. The van der Waals surface area contributed by atoms with Crippen LogP contribution in [-0.4, -0.2) is 53.3 Å². The molecular weight excluding hydrogens is 366 g/mol. The molecule has 2 aromatic rings. The van der Waals surface area contributed by atoms with Crippen LogP contribution in [0.5, 0.6) is 5.75 Å². The Morgan fingerprint density at radius 1 is 1.21 bits per heavy atom. The molecule has 154 valence electrons. The molecule has 6 heteroatoms. The largest absolute Gasteiger partial charge is 0.491 e. The van der Waals surface area contributed by atoms with E-state index >= 15 is 0 Å². The average Bonchev–Trinajstić information content (AvgIpc) is 3.00. The van der Waals surface area contributed by atoms with Crippen LogP contribution in [0.15, 0.2) is 42.5 Å². The number of aryl methyl sites for hydroxylation is 1. The molecular formula is C23H29N3O3. The van der Waals surface area contributed by atoms with Crippen molar-refractivity contribution >= 4 is 6.03 Å². The molecule has 0 spiro atoms. The third kappa shape index (κ3) is 4.89. The number of nitrogens with zero attached hydrogens (tertiary/aromatic N) is 2. The number of hydrogen-bond acceptors (Lipinski definition) is 4. The van der Waals surface area contributed by atoms with Gasteiger partial charge in [0.1, 0.15) is 12.4 Å². The highest BCUT2D eigenvalue weighted by atomic mass is 16.5. The monoisotopic (exact) mass is 395 g/mol. The fourth-order valence-electron chi connectivity index (χ4n) is 4.06. The van der Waals surface area contributed by atoms with Crippen LogP contribution in [0, 0.1) is 6.92 Å². The molecule has 0 bridgehead atoms. The SMILES string of the molecule is Cc1ccc2c(c1)CN(C(=O)NCc1ccccc1CN1CCC(O)C1)CCO2. The lowest BCUT2D eigenvalue weighted by Crippen LogP contribution is -2.40. The summed E-state index contributed by atoms with van der Waals surface area (Å²) in [5, 5.41) is 12.8. The molecule has 2 heterocycles. The molecule has 6 nitrogen and oxygen atoms in total. The first kappa shape index (κ1) is 19.7. The minimum atomic E-state index is -0.223. The van der Waals surface area contributed by atoms with Crippen LogP contribution in [0.4, 0.5) is 4.79 Å². The maximum Gasteiger partial charge on any atom is 0.318 e. The van der Waals surface area contributed by atoms with E-state index in [1.54, 1.807) is 0 Å². The van der Waals surface area contributed by atoms with Crippen molar-refractivity contribution < 1.29 is 14.6 Å². The quantitative estimate of drug-likeness (QED) is 0.835. The van der Waals surface area contributed by atoms with Gasteiger partial charge >= 0.3 is 6.03 Å². The predicted octanol–water partition coefficient (Wildman–Crippen LogP) is 2.67. The maximum atomic E-state index is 12.8. The molecule has 0 aromatic heterocycles. The Bertz CT molecular complexity index is 870. The molecule has 1 fully saturated rings. The number of ether oxygens (including phenoxy) is 1. The highest BCUT2D eigenvalue weighted by Crippen LogP contribution is 2.24. The van der Waals surface area contributed by atoms with Crippen LogP contribution in [0.3, 0.4) is 0 Å². The van der Waals surface area contributed by atoms with Crippen molar-refractivity contribution in [2.75, 3.05) is 26.2 Å². The van der Waals surface area contributed by atoms with E-state index in [1.807, 2.05) is 36.1 Å². The van der Waals surface area contributed by atoms with Gasteiger partial charge in [-0.25, -0.2) is 4.79 Å². The van der Waals surface area contributed by atoms with Gasteiger partial charge in [-0.2, -0.15) is 0 Å². The van der Waals surface area contributed by atoms with E-state index in [9.17, 15) is 9.90 Å². The Labute approximate surface area is 172 Å². The summed E-state index contributed by atoms with van der Waals surface area (Å²) >= 11 is 0. The van der Waals surface area contributed by atoms with E-state index in [0.29, 0.717) is 32.8 Å². The standard InChI is InChI=1S/C23H29N3O3/c1-17-6-7-22-20(12-17)15-26(10-11-29-22)23(28)24-13-18-4-2-3-5-19(18)14-25-9-8-21(27)16-25/h2-7,12,21,27H,8-11,13-16H2,1H3,(H,24,28). The lowest BCUT2D eigenvalue weighted by molar-refractivity contribution is 0.174. The van der Waals surface area contributed by atoms with Crippen molar-refractivity contribution in [2.24, 2.45) is 0 Å². The van der Waals surface area contributed by atoms with E-state index < -0.39 is 0 Å². The second-order valence-corrected chi connectivity index (χ2v) is 7.99. The molecule has 4 rings (SSSR count). The minimum Gasteiger partial charge on any atom is -0.491 e. The van der Waals surface area contributed by atoms with Gasteiger partial charge in [-0.1, -0.05) is 42.0 Å². The van der Waals surface area contributed by atoms with Crippen molar-refractivity contribution in [3.8, 4) is 5.75 Å². The average molecular weight is 396 g/mol. The van der Waals surface area contributed by atoms with Gasteiger partial charge in [0.2, 0.25) is 0 Å². The second-order valence-electron chi connectivity index (χ2n) is 7.99. The first-order valence-electron chi connectivity index (χ1n) is 10.3. The lowest BCUT2D eigenvalue weighted by Gasteiger charge is -2.22. The molecule has 0 aliphatic carbocycles. The third-order valence-corrected chi connectivity index (χ3v) is 5.67. The van der Waals surface area contributed by atoms with Gasteiger partial charge in [0.05, 0.1) is 19.2 Å². The number of likely N-dealkylation sites (tertiary alicyclic amines) is 1. The van der Waals surface area contributed by atoms with Gasteiger partial charge in [-0.15, -0.1) is 0 Å². The zero-order valence-corrected chi connectivity index (χ0v) is 16.9. The topological polar surface area (TPSA) is 65.0 Å². The van der Waals surface area contributed by atoms with E-state index in [1.165, 1.54) is 5.56 Å². The molecule has 0 saturated carbocycles. The number of fused-ring (bicyclic) bond motifs is 1. The van der Waals surface area contributed by atoms with Gasteiger partial charge in [0.15, 0.2) is 0 Å². The molecule has 2 aliphatic heterocycles. The van der Waals surface area contributed by atoms with Crippen LogP contribution < -0.4 is 10.1 Å². The van der Waals surface area contributed by atoms with Crippen molar-refractivity contribution in [3.05, 3.63) is 64.7 Å². The summed E-state index contributed by atoms with van der Waals surface area (Å²) in [4.78, 5) is 16.9. The summed E-state index contributed by atoms with van der Waals surface area (Å²) in [6, 6.07) is 14.2. The Morgan fingerprint density at radius 3 is 2.83 bits per heavy atom. The van der Waals surface area contributed by atoms with E-state index in [-0.39, 0.29) is 12.1 Å². The van der Waals surface area contributed by atoms with Crippen LogP contribution >= 0.6 is 0 Å². The van der Waals surface area contributed by atoms with E-state index in [0.717, 1.165) is 42.0 Å². The summed E-state index contributed by atoms with van der Waals surface area (Å²) < 4.78 is 5.80. The smallest absolute Gasteiger partial charge is 0.318 e. The maximum absolute atomic E-state index is 12.8. The number of urea groups is 1. The number of nitrogens with one attached hydrogen (secondary N) is 1. The number of amides is 2. The first-order valence-corrected chi connectivity index (χ1v) is 10.3. The van der Waals surface area contributed by atoms with Crippen molar-refractivity contribution in [1.29, 1.82) is 0 Å². The zero-order chi connectivity index (χ0) is 20.2. The fraction of sp³-hybridized carbons (Fsp3) is 0.435. The fourth-order valence-corrected chi connectivity index (χ4v) is 4.06. The number of rotatable bonds is 4. The predicted molar refractivity (Wildman–Crippen MR) is 112 cm³/mol. The number of carbonyl (C=O) groups is 1. The Balaban J connectivity index is 1.38. The van der Waals surface area contributed by atoms with Crippen LogP contribution in [0.2, 0.25) is 0 Å². The van der Waals surface area contributed by atoms with Gasteiger partial charge in [-0.05, 0) is 30.5 Å². The lowest BCUT2D eigenvalue weighted by atomic mass is 10.1. The number of carbonyl (C=O) groups excluding carboxylic acids is 1. The van der Waals surface area contributed by atoms with Crippen molar-refractivity contribution in [3.63, 3.8) is 0 Å². The summed E-state index contributed by atoms with van der Waals surface area (Å²) in [7, 11) is 0. The first-order chi connectivity index (χ1) is 14.1. The molecule has 2 aliphatic rings. The number of aliphatic hydroxyl groups excluding tert-OH is 1. The third-order valence-electron chi connectivity index (χ3n) is 5.67. The van der Waals surface area contributed by atoms with Crippen LogP contribution in [0.1, 0.15) is 28.7 Å². The number of β-amino-alcohol motifs (C(OH)–C–C–N with tert-alkyl or cyclic N) is 1. The highest BCUT2D eigenvalue weighted by Gasteiger charge is 2.22. The molecule has 29 heavy (non-hydrogen) atoms. The highest BCUT2D eigenvalue weighted by molar-refractivity contribution is 5.74. The van der Waals surface area contributed by atoms with E-state index in [4.69, 9.17) is 4.74 Å². The number of benzene rings is 2. The second kappa shape index (κ2) is 8.84. The Morgan fingerprint density at radius 2 is 2.03 bits per heavy atom. The van der Waals surface area contributed by atoms with Gasteiger partial charge < -0.3 is 20.1 Å². The summed E-state index contributed by atoms with van der Waals surface area (Å²) in [6.45, 7) is 6.57. The molecule has 1 unspecified atom stereocenters. The normalized spacial score (nSPS) is 19.4. The van der Waals surface area contributed by atoms with Crippen molar-refractivity contribution in [2.45, 2.75) is 39.1 Å². The number of hydrogen-bond donors (Lipinski definition) is 2. The zero-order valence-electron chi connectivity index (χ0n) is 16.9. The Kier molecular flexibility index (Phi) is 6.02. The van der Waals surface area contributed by atoms with Crippen LogP contribution in [-0.2, 0) is 19.6 Å². The molecule has 0 radical (unpaired) electrons. The number of aliphatic hydroxyl groups is 1. The molecule has 2 amide bonds. The van der Waals surface area contributed by atoms with Gasteiger partial charge in [-0.3, -0.25) is 4.90 Å².